The number of hydrogen-bond donors (Lipinski definition) is 0. The molecular formula is C25H29NO. The molecule has 0 spiro atoms. The van der Waals surface area contributed by atoms with Crippen molar-refractivity contribution in [3.05, 3.63) is 59.2 Å². The fraction of sp³-hybridized carbons (Fsp3) is 0.480. The number of carbonyl (C=O) groups is 1. The third-order valence-corrected chi connectivity index (χ3v) is 7.58. The lowest BCUT2D eigenvalue weighted by Crippen LogP contribution is -2.51. The predicted molar refractivity (Wildman–Crippen MR) is 110 cm³/mol. The Bertz CT molecular complexity index is 898. The quantitative estimate of drug-likeness (QED) is 0.666. The van der Waals surface area contributed by atoms with E-state index in [9.17, 15) is 4.79 Å². The van der Waals surface area contributed by atoms with Gasteiger partial charge in [-0.25, -0.2) is 0 Å². The topological polar surface area (TPSA) is 20.3 Å². The zero-order valence-corrected chi connectivity index (χ0v) is 16.7. The molecule has 1 aliphatic carbocycles. The lowest BCUT2D eigenvalue weighted by Gasteiger charge is -2.46. The van der Waals surface area contributed by atoms with Crippen LogP contribution in [-0.4, -0.2) is 29.8 Å². The summed E-state index contributed by atoms with van der Waals surface area (Å²) in [6, 6.07) is 16.3. The molecule has 2 bridgehead atoms. The maximum absolute atomic E-state index is 13.4. The van der Waals surface area contributed by atoms with Crippen LogP contribution < -0.4 is 0 Å². The van der Waals surface area contributed by atoms with Gasteiger partial charge in [0.25, 0.3) is 0 Å². The van der Waals surface area contributed by atoms with Crippen molar-refractivity contribution in [1.82, 2.24) is 4.90 Å². The second-order valence-corrected chi connectivity index (χ2v) is 9.37. The van der Waals surface area contributed by atoms with Crippen molar-refractivity contribution in [2.45, 2.75) is 63.5 Å². The molecule has 0 aromatic heterocycles. The Morgan fingerprint density at radius 3 is 2.37 bits per heavy atom. The highest BCUT2D eigenvalue weighted by Crippen LogP contribution is 2.49. The van der Waals surface area contributed by atoms with Crippen molar-refractivity contribution in [2.24, 2.45) is 5.92 Å². The molecule has 2 unspecified atom stereocenters. The number of carbonyl (C=O) groups excluding carboxylic acids is 1. The maximum atomic E-state index is 13.4. The molecular weight excluding hydrogens is 330 g/mol. The molecule has 2 fully saturated rings. The second-order valence-electron chi connectivity index (χ2n) is 9.37. The van der Waals surface area contributed by atoms with Crippen LogP contribution in [0.15, 0.2) is 42.5 Å². The van der Waals surface area contributed by atoms with Crippen LogP contribution in [0.25, 0.3) is 11.1 Å². The van der Waals surface area contributed by atoms with Crippen molar-refractivity contribution < 1.29 is 4.79 Å². The number of nitrogens with zero attached hydrogens (tertiary/aromatic N) is 1. The predicted octanol–water partition coefficient (Wildman–Crippen LogP) is 5.44. The first-order valence-corrected chi connectivity index (χ1v) is 10.5. The lowest BCUT2D eigenvalue weighted by molar-refractivity contribution is 0.0338. The Morgan fingerprint density at radius 1 is 0.963 bits per heavy atom. The summed E-state index contributed by atoms with van der Waals surface area (Å²) in [5.41, 5.74) is 6.19. The summed E-state index contributed by atoms with van der Waals surface area (Å²) < 4.78 is 0. The monoisotopic (exact) mass is 359 g/mol. The summed E-state index contributed by atoms with van der Waals surface area (Å²) in [7, 11) is 2.25. The van der Waals surface area contributed by atoms with Crippen LogP contribution in [0.3, 0.4) is 0 Å². The zero-order chi connectivity index (χ0) is 18.8. The van der Waals surface area contributed by atoms with E-state index < -0.39 is 0 Å². The minimum Gasteiger partial charge on any atom is -0.300 e. The van der Waals surface area contributed by atoms with Crippen LogP contribution >= 0.6 is 0 Å². The van der Waals surface area contributed by atoms with Crippen molar-refractivity contribution in [1.29, 1.82) is 0 Å². The van der Waals surface area contributed by atoms with E-state index in [0.29, 0.717) is 17.9 Å². The normalized spacial score (nSPS) is 28.5. The van der Waals surface area contributed by atoms with E-state index in [1.807, 2.05) is 0 Å². The second kappa shape index (κ2) is 6.04. The Morgan fingerprint density at radius 2 is 1.63 bits per heavy atom. The molecule has 0 amide bonds. The van der Waals surface area contributed by atoms with E-state index in [2.05, 4.69) is 68.3 Å². The molecule has 2 heteroatoms. The maximum Gasteiger partial charge on any atom is 0.166 e. The molecule has 0 saturated carbocycles. The van der Waals surface area contributed by atoms with Crippen LogP contribution in [0.4, 0.5) is 0 Å². The van der Waals surface area contributed by atoms with E-state index in [0.717, 1.165) is 18.4 Å². The molecule has 27 heavy (non-hydrogen) atoms. The summed E-state index contributed by atoms with van der Waals surface area (Å²) in [5.74, 6) is 0.566. The molecule has 0 radical (unpaired) electrons. The first kappa shape index (κ1) is 17.2. The molecule has 5 rings (SSSR count). The highest BCUT2D eigenvalue weighted by molar-refractivity contribution is 5.99. The van der Waals surface area contributed by atoms with Gasteiger partial charge in [-0.15, -0.1) is 0 Å². The van der Waals surface area contributed by atoms with Crippen molar-refractivity contribution in [3.63, 3.8) is 0 Å². The SMILES string of the molecule is CN1C2CCCC1CC(C(=O)c1ccc3c(c1)C(C)(C)c1ccccc1-3)C2. The summed E-state index contributed by atoms with van der Waals surface area (Å²) in [6.07, 6.45) is 5.90. The van der Waals surface area contributed by atoms with Gasteiger partial charge in [0.2, 0.25) is 0 Å². The van der Waals surface area contributed by atoms with E-state index in [1.54, 1.807) is 0 Å². The molecule has 2 aromatic rings. The van der Waals surface area contributed by atoms with E-state index >= 15 is 0 Å². The van der Waals surface area contributed by atoms with Crippen molar-refractivity contribution >= 4 is 5.78 Å². The van der Waals surface area contributed by atoms with Gasteiger partial charge in [0.1, 0.15) is 0 Å². The van der Waals surface area contributed by atoms with Gasteiger partial charge in [0.15, 0.2) is 5.78 Å². The smallest absolute Gasteiger partial charge is 0.166 e. The molecule has 2 aliphatic heterocycles. The molecule has 2 saturated heterocycles. The fourth-order valence-corrected chi connectivity index (χ4v) is 5.92. The van der Waals surface area contributed by atoms with Gasteiger partial charge >= 0.3 is 0 Å². The third-order valence-electron chi connectivity index (χ3n) is 7.58. The fourth-order valence-electron chi connectivity index (χ4n) is 5.92. The summed E-state index contributed by atoms with van der Waals surface area (Å²) >= 11 is 0. The minimum atomic E-state index is -0.0362. The number of piperidine rings is 2. The molecule has 140 valence electrons. The number of Topliss-reactive ketones (excluding diaryl/α,β-unsaturated/α-hetero) is 1. The Hall–Kier alpha value is -1.93. The van der Waals surface area contributed by atoms with Crippen LogP contribution in [0, 0.1) is 5.92 Å². The zero-order valence-electron chi connectivity index (χ0n) is 16.7. The Labute approximate surface area is 162 Å². The molecule has 2 aromatic carbocycles. The van der Waals surface area contributed by atoms with Gasteiger partial charge in [0, 0.05) is 29.0 Å². The molecule has 2 nitrogen and oxygen atoms in total. The highest BCUT2D eigenvalue weighted by Gasteiger charge is 2.40. The first-order valence-electron chi connectivity index (χ1n) is 10.5. The van der Waals surface area contributed by atoms with Crippen molar-refractivity contribution in [3.8, 4) is 11.1 Å². The molecule has 0 N–H and O–H groups in total. The number of hydrogen-bond acceptors (Lipinski definition) is 2. The lowest BCUT2D eigenvalue weighted by atomic mass is 9.75. The van der Waals surface area contributed by atoms with Gasteiger partial charge in [-0.05, 0) is 61.1 Å². The van der Waals surface area contributed by atoms with Crippen LogP contribution in [0.1, 0.15) is 67.4 Å². The van der Waals surface area contributed by atoms with Crippen LogP contribution in [0.5, 0.6) is 0 Å². The largest absolute Gasteiger partial charge is 0.300 e. The Kier molecular flexibility index (Phi) is 3.84. The summed E-state index contributed by atoms with van der Waals surface area (Å²) in [4.78, 5) is 15.9. The molecule has 2 atom stereocenters. The van der Waals surface area contributed by atoms with Crippen molar-refractivity contribution in [2.75, 3.05) is 7.05 Å². The van der Waals surface area contributed by atoms with Gasteiger partial charge < -0.3 is 4.90 Å². The van der Waals surface area contributed by atoms with Gasteiger partial charge in [0.05, 0.1) is 0 Å². The summed E-state index contributed by atoms with van der Waals surface area (Å²) in [5, 5.41) is 0. The van der Waals surface area contributed by atoms with E-state index in [-0.39, 0.29) is 11.3 Å². The highest BCUT2D eigenvalue weighted by atomic mass is 16.1. The average Bonchev–Trinajstić information content (AvgIpc) is 2.89. The van der Waals surface area contributed by atoms with Gasteiger partial charge in [-0.1, -0.05) is 56.7 Å². The number of benzene rings is 2. The average molecular weight is 360 g/mol. The van der Waals surface area contributed by atoms with Crippen LogP contribution in [0.2, 0.25) is 0 Å². The summed E-state index contributed by atoms with van der Waals surface area (Å²) in [6.45, 7) is 4.57. The van der Waals surface area contributed by atoms with Crippen LogP contribution in [-0.2, 0) is 5.41 Å². The van der Waals surface area contributed by atoms with Gasteiger partial charge in [-0.2, -0.15) is 0 Å². The third kappa shape index (κ3) is 2.53. The standard InChI is InChI=1S/C25H29NO/c1-25(2)22-10-5-4-9-20(22)21-12-11-16(15-23(21)25)24(27)17-13-18-7-6-8-19(14-17)26(18)3/h4-5,9-12,15,17-19H,6-8,13-14H2,1-3H3. The Balaban J connectivity index is 1.48. The molecule has 2 heterocycles. The number of fused-ring (bicyclic) bond motifs is 5. The van der Waals surface area contributed by atoms with Gasteiger partial charge in [-0.3, -0.25) is 4.79 Å². The number of rotatable bonds is 2. The number of ketones is 1. The van der Waals surface area contributed by atoms with E-state index in [4.69, 9.17) is 0 Å². The molecule has 3 aliphatic rings. The minimum absolute atomic E-state index is 0.0362. The van der Waals surface area contributed by atoms with E-state index in [1.165, 1.54) is 41.5 Å². The first-order chi connectivity index (χ1) is 13.0.